The van der Waals surface area contributed by atoms with E-state index in [1.807, 2.05) is 64.9 Å². The fourth-order valence-electron chi connectivity index (χ4n) is 4.33. The molecule has 0 aliphatic carbocycles. The number of benzene rings is 3. The zero-order valence-electron chi connectivity index (χ0n) is 21.8. The zero-order chi connectivity index (χ0) is 26.6. The van der Waals surface area contributed by atoms with Gasteiger partial charge < -0.3 is 4.90 Å². The van der Waals surface area contributed by atoms with E-state index in [1.165, 1.54) is 24.3 Å². The minimum atomic E-state index is -4.00. The van der Waals surface area contributed by atoms with Gasteiger partial charge >= 0.3 is 0 Å². The average molecular weight is 511 g/mol. The van der Waals surface area contributed by atoms with Crippen LogP contribution in [0.4, 0.5) is 4.39 Å². The van der Waals surface area contributed by atoms with Crippen molar-refractivity contribution in [1.82, 2.24) is 9.62 Å². The fourth-order valence-corrected chi connectivity index (χ4v) is 5.32. The van der Waals surface area contributed by atoms with Gasteiger partial charge in [0.1, 0.15) is 5.82 Å². The van der Waals surface area contributed by atoms with Crippen LogP contribution in [-0.2, 0) is 27.8 Å². The smallest absolute Gasteiger partial charge is 0.264 e. The molecule has 1 amide bonds. The van der Waals surface area contributed by atoms with Crippen molar-refractivity contribution in [3.63, 3.8) is 0 Å². The van der Waals surface area contributed by atoms with Gasteiger partial charge in [-0.3, -0.25) is 4.79 Å². The first-order chi connectivity index (χ1) is 16.9. The Morgan fingerprint density at radius 1 is 0.889 bits per heavy atom. The second-order valence-electron chi connectivity index (χ2n) is 10.0. The Bertz CT molecular complexity index is 1300. The molecule has 0 aliphatic rings. The molecule has 0 radical (unpaired) electrons. The number of nitrogens with one attached hydrogen (secondary N) is 1. The number of carbonyl (C=O) groups is 1. The molecule has 5 nitrogen and oxygen atoms in total. The molecule has 0 spiro atoms. The van der Waals surface area contributed by atoms with Crippen molar-refractivity contribution in [3.05, 3.63) is 88.7 Å². The highest BCUT2D eigenvalue weighted by Gasteiger charge is 2.22. The third-order valence-electron chi connectivity index (χ3n) is 6.04. The highest BCUT2D eigenvalue weighted by Crippen LogP contribution is 2.34. The summed E-state index contributed by atoms with van der Waals surface area (Å²) in [4.78, 5) is 15.1. The molecule has 3 aromatic carbocycles. The van der Waals surface area contributed by atoms with E-state index in [9.17, 15) is 17.6 Å². The molecular weight excluding hydrogens is 475 g/mol. The molecule has 3 aromatic rings. The van der Waals surface area contributed by atoms with Crippen LogP contribution in [0.15, 0.2) is 65.6 Å². The topological polar surface area (TPSA) is 66.5 Å². The molecule has 0 aromatic heterocycles. The molecular formula is C29H35FN2O3S. The van der Waals surface area contributed by atoms with Crippen LogP contribution >= 0.6 is 0 Å². The van der Waals surface area contributed by atoms with E-state index in [0.29, 0.717) is 6.54 Å². The molecule has 1 N–H and O–H groups in total. The van der Waals surface area contributed by atoms with E-state index in [1.54, 1.807) is 18.2 Å². The number of sulfonamides is 1. The minimum absolute atomic E-state index is 0.0491. The number of carbonyl (C=O) groups excluding carboxylic acids is 1. The van der Waals surface area contributed by atoms with E-state index in [4.69, 9.17) is 0 Å². The summed E-state index contributed by atoms with van der Waals surface area (Å²) in [5.74, 6) is -0.734. The number of nitrogens with zero attached hydrogens (tertiary/aromatic N) is 1. The van der Waals surface area contributed by atoms with Crippen molar-refractivity contribution in [1.29, 1.82) is 0 Å². The van der Waals surface area contributed by atoms with Crippen molar-refractivity contribution in [3.8, 4) is 11.1 Å². The van der Waals surface area contributed by atoms with E-state index in [2.05, 4.69) is 4.72 Å². The van der Waals surface area contributed by atoms with Crippen molar-refractivity contribution in [2.45, 2.75) is 57.4 Å². The maximum absolute atomic E-state index is 13.9. The van der Waals surface area contributed by atoms with Gasteiger partial charge in [-0.05, 0) is 83.6 Å². The lowest BCUT2D eigenvalue weighted by atomic mass is 9.84. The third-order valence-corrected chi connectivity index (χ3v) is 7.43. The Morgan fingerprint density at radius 3 is 1.97 bits per heavy atom. The predicted molar refractivity (Wildman–Crippen MR) is 143 cm³/mol. The highest BCUT2D eigenvalue weighted by molar-refractivity contribution is 7.90. The van der Waals surface area contributed by atoms with E-state index < -0.39 is 15.9 Å². The molecule has 0 atom stereocenters. The molecule has 0 aliphatic heterocycles. The van der Waals surface area contributed by atoms with Gasteiger partial charge in [0.05, 0.1) is 11.3 Å². The maximum Gasteiger partial charge on any atom is 0.264 e. The van der Waals surface area contributed by atoms with Crippen molar-refractivity contribution < 1.29 is 17.6 Å². The van der Waals surface area contributed by atoms with Crippen LogP contribution in [0.3, 0.4) is 0 Å². The molecule has 0 heterocycles. The SMILES string of the molecule is CC(C)c1cc(-c2cccc(F)c2)cc(C(C)C)c1CC(=O)NS(=O)(=O)c1ccc(CN(C)C)cc1. The highest BCUT2D eigenvalue weighted by atomic mass is 32.2. The number of halogens is 1. The monoisotopic (exact) mass is 510 g/mol. The third kappa shape index (κ3) is 6.80. The second-order valence-corrected chi connectivity index (χ2v) is 11.7. The molecule has 0 saturated carbocycles. The molecule has 192 valence electrons. The summed E-state index contributed by atoms with van der Waals surface area (Å²) in [5, 5.41) is 0. The summed E-state index contributed by atoms with van der Waals surface area (Å²) in [6, 6.07) is 16.9. The molecule has 0 fully saturated rings. The maximum atomic E-state index is 13.9. The van der Waals surface area contributed by atoms with Crippen LogP contribution in [0.2, 0.25) is 0 Å². The summed E-state index contributed by atoms with van der Waals surface area (Å²) in [7, 11) is -0.128. The Kier molecular flexibility index (Phi) is 8.69. The van der Waals surface area contributed by atoms with Crippen molar-refractivity contribution in [2.75, 3.05) is 14.1 Å². The zero-order valence-corrected chi connectivity index (χ0v) is 22.6. The molecule has 36 heavy (non-hydrogen) atoms. The van der Waals surface area contributed by atoms with Crippen molar-refractivity contribution in [2.24, 2.45) is 0 Å². The summed E-state index contributed by atoms with van der Waals surface area (Å²) in [6.45, 7) is 8.81. The van der Waals surface area contributed by atoms with Gasteiger partial charge in [-0.15, -0.1) is 0 Å². The van der Waals surface area contributed by atoms with Crippen LogP contribution < -0.4 is 4.72 Å². The summed E-state index contributed by atoms with van der Waals surface area (Å²) in [5.41, 5.74) is 5.31. The molecule has 0 unspecified atom stereocenters. The predicted octanol–water partition coefficient (Wildman–Crippen LogP) is 5.85. The first-order valence-electron chi connectivity index (χ1n) is 12.1. The Balaban J connectivity index is 1.92. The van der Waals surface area contributed by atoms with Crippen LogP contribution in [0.1, 0.15) is 61.8 Å². The summed E-state index contributed by atoms with van der Waals surface area (Å²) in [6.07, 6.45) is -0.0671. The largest absolute Gasteiger partial charge is 0.305 e. The van der Waals surface area contributed by atoms with Crippen LogP contribution in [0.25, 0.3) is 11.1 Å². The molecule has 3 rings (SSSR count). The molecule has 7 heteroatoms. The van der Waals surface area contributed by atoms with E-state index in [0.717, 1.165) is 33.4 Å². The van der Waals surface area contributed by atoms with Gasteiger partial charge in [0, 0.05) is 6.54 Å². The van der Waals surface area contributed by atoms with Gasteiger partial charge in [0.25, 0.3) is 10.0 Å². The lowest BCUT2D eigenvalue weighted by molar-refractivity contribution is -0.118. The second kappa shape index (κ2) is 11.4. The summed E-state index contributed by atoms with van der Waals surface area (Å²) < 4.78 is 41.9. The van der Waals surface area contributed by atoms with Gasteiger partial charge in [-0.2, -0.15) is 0 Å². The van der Waals surface area contributed by atoms with Crippen LogP contribution in [0.5, 0.6) is 0 Å². The standard InChI is InChI=1S/C29H35FN2O3S/c1-19(2)26-15-23(22-8-7-9-24(30)14-22)16-27(20(3)4)28(26)17-29(33)31-36(34,35)25-12-10-21(11-13-25)18-32(5)6/h7-16,19-20H,17-18H2,1-6H3,(H,31,33). The van der Waals surface area contributed by atoms with Gasteiger partial charge in [-0.25, -0.2) is 17.5 Å². The number of rotatable bonds is 9. The average Bonchev–Trinajstić information content (AvgIpc) is 2.78. The Labute approximate surface area is 214 Å². The van der Waals surface area contributed by atoms with Gasteiger partial charge in [-0.1, -0.05) is 64.1 Å². The lowest BCUT2D eigenvalue weighted by Crippen LogP contribution is -2.32. The number of hydrogen-bond donors (Lipinski definition) is 1. The van der Waals surface area contributed by atoms with Crippen molar-refractivity contribution >= 4 is 15.9 Å². The van der Waals surface area contributed by atoms with Gasteiger partial charge in [0.15, 0.2) is 0 Å². The van der Waals surface area contributed by atoms with Gasteiger partial charge in [0.2, 0.25) is 5.91 Å². The van der Waals surface area contributed by atoms with Crippen LogP contribution in [-0.4, -0.2) is 33.3 Å². The quantitative estimate of drug-likeness (QED) is 0.392. The first kappa shape index (κ1) is 27.6. The summed E-state index contributed by atoms with van der Waals surface area (Å²) >= 11 is 0. The van der Waals surface area contributed by atoms with Crippen LogP contribution in [0, 0.1) is 5.82 Å². The molecule has 0 bridgehead atoms. The molecule has 0 saturated heterocycles. The fraction of sp³-hybridized carbons (Fsp3) is 0.345. The lowest BCUT2D eigenvalue weighted by Gasteiger charge is -2.22. The number of amides is 1. The van der Waals surface area contributed by atoms with E-state index >= 15 is 0 Å². The minimum Gasteiger partial charge on any atom is -0.305 e. The first-order valence-corrected chi connectivity index (χ1v) is 13.6. The Hall–Kier alpha value is -3.03. The van der Waals surface area contributed by atoms with E-state index in [-0.39, 0.29) is 29.0 Å². The number of hydrogen-bond acceptors (Lipinski definition) is 4. The normalized spacial score (nSPS) is 11.9. The Morgan fingerprint density at radius 2 is 1.47 bits per heavy atom.